The van der Waals surface area contributed by atoms with E-state index in [9.17, 15) is 14.7 Å². The van der Waals surface area contributed by atoms with Gasteiger partial charge in [0, 0.05) is 16.3 Å². The maximum absolute atomic E-state index is 13.3. The molecule has 3 rings (SSSR count). The molecule has 2 N–H and O–H groups in total. The number of nitrogens with zero attached hydrogens (tertiary/aromatic N) is 3. The Bertz CT molecular complexity index is 1100. The number of amides is 2. The fourth-order valence-electron chi connectivity index (χ4n) is 2.53. The van der Waals surface area contributed by atoms with Gasteiger partial charge in [0.05, 0.1) is 10.7 Å². The highest BCUT2D eigenvalue weighted by atomic mass is 35.5. The third-order valence-corrected chi connectivity index (χ3v) is 4.95. The number of phenolic OH excluding ortho intramolecular Hbond substituents is 1. The van der Waals surface area contributed by atoms with Crippen LogP contribution in [0.25, 0.3) is 0 Å². The summed E-state index contributed by atoms with van der Waals surface area (Å²) in [5.74, 6) is -0.827. The molecule has 2 amide bonds. The molecule has 0 saturated carbocycles. The maximum atomic E-state index is 13.3. The molecule has 0 aliphatic rings. The van der Waals surface area contributed by atoms with Crippen LogP contribution in [0.1, 0.15) is 31.1 Å². The van der Waals surface area contributed by atoms with E-state index in [1.54, 1.807) is 32.9 Å². The van der Waals surface area contributed by atoms with Crippen molar-refractivity contribution in [3.8, 4) is 5.75 Å². The molecule has 0 spiro atoms. The molecular formula is C20H18Cl2N4O4S. The lowest BCUT2D eigenvalue weighted by Crippen LogP contribution is -2.27. The molecule has 1 heterocycles. The number of carbonyl (C=O) groups is 2. The van der Waals surface area contributed by atoms with Crippen molar-refractivity contribution in [3.63, 3.8) is 0 Å². The van der Waals surface area contributed by atoms with Crippen molar-refractivity contribution in [2.24, 2.45) is 0 Å². The molecule has 0 fully saturated rings. The van der Waals surface area contributed by atoms with Gasteiger partial charge < -0.3 is 9.84 Å². The van der Waals surface area contributed by atoms with Crippen LogP contribution in [0.2, 0.25) is 10.0 Å². The lowest BCUT2D eigenvalue weighted by molar-refractivity contribution is 0.0636. The van der Waals surface area contributed by atoms with Crippen LogP contribution in [0.3, 0.4) is 0 Å². The largest absolute Gasteiger partial charge is 0.504 e. The Labute approximate surface area is 192 Å². The summed E-state index contributed by atoms with van der Waals surface area (Å²) in [6.07, 6.45) is -0.611. The molecule has 2 aromatic carbocycles. The SMILES string of the molecule is CC(C)(C)OC(=O)Nc1ccc(C(=O)N(c2nncs2)c2cc(Cl)cc(Cl)c2O)cc1. The first-order chi connectivity index (χ1) is 14.5. The molecule has 162 valence electrons. The number of anilines is 3. The topological polar surface area (TPSA) is 105 Å². The number of ether oxygens (including phenoxy) is 1. The molecule has 0 aliphatic heterocycles. The fraction of sp³-hybridized carbons (Fsp3) is 0.200. The highest BCUT2D eigenvalue weighted by Gasteiger charge is 2.27. The van der Waals surface area contributed by atoms with E-state index in [1.807, 2.05) is 0 Å². The lowest BCUT2D eigenvalue weighted by Gasteiger charge is -2.22. The van der Waals surface area contributed by atoms with Crippen LogP contribution in [0, 0.1) is 0 Å². The highest BCUT2D eigenvalue weighted by molar-refractivity contribution is 7.13. The molecule has 0 saturated heterocycles. The fourth-order valence-corrected chi connectivity index (χ4v) is 3.59. The average molecular weight is 481 g/mol. The van der Waals surface area contributed by atoms with Gasteiger partial charge in [-0.15, -0.1) is 10.2 Å². The van der Waals surface area contributed by atoms with E-state index >= 15 is 0 Å². The van der Waals surface area contributed by atoms with Crippen LogP contribution in [0.4, 0.5) is 21.3 Å². The zero-order valence-electron chi connectivity index (χ0n) is 16.7. The normalized spacial score (nSPS) is 11.1. The first-order valence-corrected chi connectivity index (χ1v) is 10.6. The Morgan fingerprint density at radius 2 is 1.84 bits per heavy atom. The summed E-state index contributed by atoms with van der Waals surface area (Å²) in [7, 11) is 0. The predicted molar refractivity (Wildman–Crippen MR) is 121 cm³/mol. The van der Waals surface area contributed by atoms with Crippen molar-refractivity contribution in [1.29, 1.82) is 0 Å². The Kier molecular flexibility index (Phi) is 6.68. The molecule has 11 heteroatoms. The Morgan fingerprint density at radius 3 is 2.42 bits per heavy atom. The zero-order chi connectivity index (χ0) is 22.8. The summed E-state index contributed by atoms with van der Waals surface area (Å²) in [5.41, 5.74) is 1.59. The Morgan fingerprint density at radius 1 is 1.16 bits per heavy atom. The second kappa shape index (κ2) is 9.09. The van der Waals surface area contributed by atoms with E-state index in [0.717, 1.165) is 11.3 Å². The Hall–Kier alpha value is -2.88. The smallest absolute Gasteiger partial charge is 0.412 e. The minimum Gasteiger partial charge on any atom is -0.504 e. The third-order valence-electron chi connectivity index (χ3n) is 3.77. The van der Waals surface area contributed by atoms with Gasteiger partial charge in [0.1, 0.15) is 11.1 Å². The van der Waals surface area contributed by atoms with E-state index < -0.39 is 17.6 Å². The summed E-state index contributed by atoms with van der Waals surface area (Å²) >= 11 is 13.2. The van der Waals surface area contributed by atoms with Crippen molar-refractivity contribution in [3.05, 3.63) is 57.5 Å². The summed E-state index contributed by atoms with van der Waals surface area (Å²) in [4.78, 5) is 26.4. The van der Waals surface area contributed by atoms with Gasteiger partial charge in [-0.1, -0.05) is 34.5 Å². The average Bonchev–Trinajstić information content (AvgIpc) is 3.19. The predicted octanol–water partition coefficient (Wildman–Crippen LogP) is 5.88. The van der Waals surface area contributed by atoms with Crippen LogP contribution in [0.5, 0.6) is 5.75 Å². The number of benzene rings is 2. The van der Waals surface area contributed by atoms with Gasteiger partial charge in [-0.3, -0.25) is 10.1 Å². The summed E-state index contributed by atoms with van der Waals surface area (Å²) < 4.78 is 5.21. The third kappa shape index (κ3) is 5.63. The number of carbonyl (C=O) groups excluding carboxylic acids is 2. The van der Waals surface area contributed by atoms with Crippen LogP contribution in [0.15, 0.2) is 41.9 Å². The number of hydrogen-bond acceptors (Lipinski definition) is 7. The van der Waals surface area contributed by atoms with E-state index in [0.29, 0.717) is 5.69 Å². The molecule has 8 nitrogen and oxygen atoms in total. The lowest BCUT2D eigenvalue weighted by atomic mass is 10.1. The second-order valence-corrected chi connectivity index (χ2v) is 8.98. The molecule has 0 unspecified atom stereocenters. The quantitative estimate of drug-likeness (QED) is 0.483. The van der Waals surface area contributed by atoms with Crippen LogP contribution < -0.4 is 10.2 Å². The van der Waals surface area contributed by atoms with Gasteiger partial charge in [-0.05, 0) is 57.2 Å². The summed E-state index contributed by atoms with van der Waals surface area (Å²) in [6, 6.07) is 8.92. The number of nitrogens with one attached hydrogen (secondary N) is 1. The summed E-state index contributed by atoms with van der Waals surface area (Å²) in [5, 5.41) is 21.2. The highest BCUT2D eigenvalue weighted by Crippen LogP contribution is 2.41. The molecule has 0 radical (unpaired) electrons. The standard InChI is InChI=1S/C20H18Cl2N4O4S/c1-20(2,3)30-19(29)24-13-6-4-11(5-7-13)17(28)26(18-25-23-10-31-18)15-9-12(21)8-14(22)16(15)27/h4-10,27H,1-3H3,(H,24,29). The number of hydrogen-bond donors (Lipinski definition) is 2. The maximum Gasteiger partial charge on any atom is 0.412 e. The van der Waals surface area contributed by atoms with Gasteiger partial charge in [0.25, 0.3) is 5.91 Å². The molecule has 3 aromatic rings. The Balaban J connectivity index is 1.90. The van der Waals surface area contributed by atoms with Crippen molar-refractivity contribution in [1.82, 2.24) is 10.2 Å². The molecule has 0 bridgehead atoms. The zero-order valence-corrected chi connectivity index (χ0v) is 19.0. The van der Waals surface area contributed by atoms with Gasteiger partial charge in [-0.2, -0.15) is 0 Å². The van der Waals surface area contributed by atoms with Crippen LogP contribution in [-0.4, -0.2) is 32.9 Å². The number of phenols is 1. The number of halogens is 2. The van der Waals surface area contributed by atoms with Gasteiger partial charge in [0.15, 0.2) is 5.75 Å². The number of aromatic nitrogens is 2. The van der Waals surface area contributed by atoms with Gasteiger partial charge in [-0.25, -0.2) is 9.69 Å². The van der Waals surface area contributed by atoms with E-state index in [4.69, 9.17) is 27.9 Å². The van der Waals surface area contributed by atoms with Crippen molar-refractivity contribution in [2.45, 2.75) is 26.4 Å². The second-order valence-electron chi connectivity index (χ2n) is 7.32. The molecule has 0 atom stereocenters. The molecular weight excluding hydrogens is 463 g/mol. The first kappa shape index (κ1) is 22.8. The minimum absolute atomic E-state index is 0.0123. The molecule has 1 aromatic heterocycles. The summed E-state index contributed by atoms with van der Waals surface area (Å²) in [6.45, 7) is 5.27. The van der Waals surface area contributed by atoms with Crippen molar-refractivity contribution >= 4 is 63.0 Å². The minimum atomic E-state index is -0.636. The monoisotopic (exact) mass is 480 g/mol. The number of aromatic hydroxyl groups is 1. The van der Waals surface area contributed by atoms with E-state index in [-0.39, 0.29) is 32.2 Å². The molecule has 31 heavy (non-hydrogen) atoms. The van der Waals surface area contributed by atoms with E-state index in [2.05, 4.69) is 15.5 Å². The first-order valence-electron chi connectivity index (χ1n) is 8.94. The van der Waals surface area contributed by atoms with Crippen molar-refractivity contribution < 1.29 is 19.4 Å². The van der Waals surface area contributed by atoms with Crippen molar-refractivity contribution in [2.75, 3.05) is 10.2 Å². The van der Waals surface area contributed by atoms with E-state index in [1.165, 1.54) is 34.7 Å². The molecule has 0 aliphatic carbocycles. The van der Waals surface area contributed by atoms with Crippen LogP contribution in [-0.2, 0) is 4.74 Å². The van der Waals surface area contributed by atoms with Gasteiger partial charge >= 0.3 is 6.09 Å². The van der Waals surface area contributed by atoms with Crippen LogP contribution >= 0.6 is 34.5 Å². The van der Waals surface area contributed by atoms with Gasteiger partial charge in [0.2, 0.25) is 5.13 Å². The number of rotatable bonds is 4.